The lowest BCUT2D eigenvalue weighted by molar-refractivity contribution is 0.0168. The van der Waals surface area contributed by atoms with Crippen LogP contribution in [0.2, 0.25) is 0 Å². The van der Waals surface area contributed by atoms with Gasteiger partial charge in [-0.05, 0) is 59.0 Å². The number of carbonyl (C=O) groups excluding carboxylic acids is 1. The van der Waals surface area contributed by atoms with E-state index in [1.54, 1.807) is 0 Å². The fourth-order valence-electron chi connectivity index (χ4n) is 2.75. The summed E-state index contributed by atoms with van der Waals surface area (Å²) in [4.78, 5) is 33.1. The molecule has 0 saturated heterocycles. The molecule has 0 spiro atoms. The van der Waals surface area contributed by atoms with E-state index in [1.807, 2.05) is 28.1 Å². The Hall–Kier alpha value is -3.63. The SMILES string of the molecule is O=C(O)c1ccc(CO/N=C/c2cc(C(=O)NOCCO)c(Nc3ccc(I)cc3F)c(F)c2F)o1. The van der Waals surface area contributed by atoms with Crippen molar-refractivity contribution in [3.8, 4) is 0 Å². The summed E-state index contributed by atoms with van der Waals surface area (Å²) < 4.78 is 49.6. The number of nitrogens with one attached hydrogen (secondary N) is 2. The monoisotopic (exact) mass is 619 g/mol. The van der Waals surface area contributed by atoms with E-state index in [0.717, 1.165) is 18.3 Å². The summed E-state index contributed by atoms with van der Waals surface area (Å²) in [6.07, 6.45) is 0.778. The Balaban J connectivity index is 1.88. The Morgan fingerprint density at radius 3 is 2.58 bits per heavy atom. The maximum atomic E-state index is 15.0. The molecule has 3 aromatic rings. The Morgan fingerprint density at radius 2 is 1.92 bits per heavy atom. The Bertz CT molecular complexity index is 1300. The number of furan rings is 1. The number of aliphatic hydroxyl groups is 1. The molecule has 1 amide bonds. The van der Waals surface area contributed by atoms with Crippen molar-refractivity contribution in [3.63, 3.8) is 0 Å². The number of hydroxylamine groups is 1. The highest BCUT2D eigenvalue weighted by atomic mass is 127. The fraction of sp³-hybridized carbons (Fsp3) is 0.136. The first-order chi connectivity index (χ1) is 17.2. The average molecular weight is 619 g/mol. The lowest BCUT2D eigenvalue weighted by Gasteiger charge is -2.15. The summed E-state index contributed by atoms with van der Waals surface area (Å²) in [5.74, 6) is -6.23. The molecule has 0 unspecified atom stereocenters. The van der Waals surface area contributed by atoms with Crippen molar-refractivity contribution in [1.82, 2.24) is 5.48 Å². The second-order valence-corrected chi connectivity index (χ2v) is 8.09. The molecular formula is C22H17F3IN3O7. The predicted molar refractivity (Wildman–Crippen MR) is 127 cm³/mol. The average Bonchev–Trinajstić information content (AvgIpc) is 3.32. The number of carboxylic acid groups (broad SMARTS) is 1. The third-order valence-electron chi connectivity index (χ3n) is 4.37. The number of nitrogens with zero attached hydrogens (tertiary/aromatic N) is 1. The van der Waals surface area contributed by atoms with Crippen molar-refractivity contribution < 1.29 is 47.1 Å². The fourth-order valence-corrected chi connectivity index (χ4v) is 3.20. The Morgan fingerprint density at radius 1 is 1.14 bits per heavy atom. The van der Waals surface area contributed by atoms with Crippen LogP contribution < -0.4 is 10.8 Å². The topological polar surface area (TPSA) is 143 Å². The number of carboxylic acids is 1. The normalized spacial score (nSPS) is 11.0. The third kappa shape index (κ3) is 6.73. The van der Waals surface area contributed by atoms with Gasteiger partial charge in [-0.15, -0.1) is 0 Å². The van der Waals surface area contributed by atoms with Crippen LogP contribution in [0.25, 0.3) is 0 Å². The number of aromatic carboxylic acids is 1. The highest BCUT2D eigenvalue weighted by Crippen LogP contribution is 2.30. The van der Waals surface area contributed by atoms with Crippen LogP contribution in [0.15, 0.2) is 46.0 Å². The van der Waals surface area contributed by atoms with Gasteiger partial charge in [0, 0.05) is 9.13 Å². The van der Waals surface area contributed by atoms with E-state index in [0.29, 0.717) is 3.57 Å². The minimum Gasteiger partial charge on any atom is -0.475 e. The lowest BCUT2D eigenvalue weighted by Crippen LogP contribution is -2.26. The predicted octanol–water partition coefficient (Wildman–Crippen LogP) is 3.95. The number of rotatable bonds is 11. The van der Waals surface area contributed by atoms with E-state index in [-0.39, 0.29) is 30.4 Å². The largest absolute Gasteiger partial charge is 0.475 e. The number of hydrogen-bond acceptors (Lipinski definition) is 8. The van der Waals surface area contributed by atoms with E-state index in [9.17, 15) is 18.4 Å². The van der Waals surface area contributed by atoms with Crippen LogP contribution in [0.1, 0.15) is 32.2 Å². The Labute approximate surface area is 214 Å². The highest BCUT2D eigenvalue weighted by Gasteiger charge is 2.23. The van der Waals surface area contributed by atoms with Gasteiger partial charge >= 0.3 is 5.97 Å². The molecule has 2 aromatic carbocycles. The molecule has 0 aliphatic heterocycles. The quantitative estimate of drug-likeness (QED) is 0.110. The maximum Gasteiger partial charge on any atom is 0.371 e. The van der Waals surface area contributed by atoms with Crippen molar-refractivity contribution in [3.05, 3.63) is 80.1 Å². The highest BCUT2D eigenvalue weighted by molar-refractivity contribution is 14.1. The van der Waals surface area contributed by atoms with Crippen LogP contribution in [0.4, 0.5) is 24.5 Å². The van der Waals surface area contributed by atoms with Gasteiger partial charge in [-0.2, -0.15) is 0 Å². The zero-order valence-corrected chi connectivity index (χ0v) is 20.2. The maximum absolute atomic E-state index is 15.0. The second-order valence-electron chi connectivity index (χ2n) is 6.85. The van der Waals surface area contributed by atoms with Gasteiger partial charge in [0.15, 0.2) is 18.2 Å². The molecular weight excluding hydrogens is 602 g/mol. The number of oxime groups is 1. The molecule has 10 nitrogen and oxygen atoms in total. The van der Waals surface area contributed by atoms with Gasteiger partial charge in [0.05, 0.1) is 36.4 Å². The molecule has 14 heteroatoms. The molecule has 1 aromatic heterocycles. The van der Waals surface area contributed by atoms with Gasteiger partial charge in [0.2, 0.25) is 5.76 Å². The standard InChI is InChI=1S/C22H17F3IN3O7/c23-15-8-12(26)1-3-16(15)28-20-14(21(31)29-34-6-5-30)7-11(18(24)19(20)25)9-27-35-10-13-2-4-17(36-13)22(32)33/h1-4,7-9,28,30H,5-6,10H2,(H,29,31)(H,32,33)/b27-9+. The van der Waals surface area contributed by atoms with E-state index >= 15 is 4.39 Å². The van der Waals surface area contributed by atoms with E-state index < -0.39 is 52.7 Å². The molecule has 0 aliphatic carbocycles. The summed E-state index contributed by atoms with van der Waals surface area (Å²) in [6.45, 7) is -1.01. The number of carbonyl (C=O) groups is 2. The molecule has 0 saturated carbocycles. The first-order valence-electron chi connectivity index (χ1n) is 9.95. The summed E-state index contributed by atoms with van der Waals surface area (Å²) in [7, 11) is 0. The summed E-state index contributed by atoms with van der Waals surface area (Å²) in [6, 6.07) is 7.40. The molecule has 190 valence electrons. The molecule has 36 heavy (non-hydrogen) atoms. The van der Waals surface area contributed by atoms with Crippen LogP contribution in [0, 0.1) is 21.0 Å². The lowest BCUT2D eigenvalue weighted by atomic mass is 10.1. The molecule has 0 radical (unpaired) electrons. The number of halogens is 4. The van der Waals surface area contributed by atoms with Crippen LogP contribution in [0.5, 0.6) is 0 Å². The molecule has 3 rings (SSSR count). The van der Waals surface area contributed by atoms with Crippen LogP contribution in [0.3, 0.4) is 0 Å². The Kier molecular flexibility index (Phi) is 9.26. The van der Waals surface area contributed by atoms with Gasteiger partial charge in [0.25, 0.3) is 5.91 Å². The number of aliphatic hydroxyl groups excluding tert-OH is 1. The smallest absolute Gasteiger partial charge is 0.371 e. The molecule has 4 N–H and O–H groups in total. The van der Waals surface area contributed by atoms with Gasteiger partial charge in [-0.3, -0.25) is 9.63 Å². The zero-order chi connectivity index (χ0) is 26.2. The van der Waals surface area contributed by atoms with Crippen molar-refractivity contribution in [1.29, 1.82) is 0 Å². The minimum atomic E-state index is -1.51. The first-order valence-corrected chi connectivity index (χ1v) is 11.0. The molecule has 0 atom stereocenters. The van der Waals surface area contributed by atoms with E-state index in [1.165, 1.54) is 24.3 Å². The number of benzene rings is 2. The first kappa shape index (κ1) is 27.0. The van der Waals surface area contributed by atoms with Crippen LogP contribution in [-0.2, 0) is 16.3 Å². The van der Waals surface area contributed by atoms with Crippen molar-refractivity contribution in [2.45, 2.75) is 6.61 Å². The number of amides is 1. The van der Waals surface area contributed by atoms with E-state index in [2.05, 4.69) is 10.5 Å². The molecule has 0 bridgehead atoms. The van der Waals surface area contributed by atoms with Crippen molar-refractivity contribution in [2.24, 2.45) is 5.16 Å². The van der Waals surface area contributed by atoms with Crippen molar-refractivity contribution in [2.75, 3.05) is 18.5 Å². The summed E-state index contributed by atoms with van der Waals surface area (Å²) >= 11 is 1.87. The van der Waals surface area contributed by atoms with Gasteiger partial charge < -0.3 is 24.8 Å². The molecule has 0 aliphatic rings. The van der Waals surface area contributed by atoms with Gasteiger partial charge in [-0.25, -0.2) is 23.4 Å². The van der Waals surface area contributed by atoms with E-state index in [4.69, 9.17) is 24.3 Å². The van der Waals surface area contributed by atoms with Gasteiger partial charge in [-0.1, -0.05) is 5.16 Å². The van der Waals surface area contributed by atoms with Crippen LogP contribution >= 0.6 is 22.6 Å². The molecule has 1 heterocycles. The molecule has 0 fully saturated rings. The van der Waals surface area contributed by atoms with Crippen molar-refractivity contribution >= 4 is 52.1 Å². The number of anilines is 2. The number of hydrogen-bond donors (Lipinski definition) is 4. The summed E-state index contributed by atoms with van der Waals surface area (Å²) in [5, 5.41) is 23.5. The zero-order valence-electron chi connectivity index (χ0n) is 18.1. The minimum absolute atomic E-state index is 0.108. The second kappa shape index (κ2) is 12.4. The summed E-state index contributed by atoms with van der Waals surface area (Å²) in [5.41, 5.74) is 0.102. The van der Waals surface area contributed by atoms with Gasteiger partial charge in [0.1, 0.15) is 11.6 Å². The van der Waals surface area contributed by atoms with Crippen LogP contribution in [-0.4, -0.2) is 41.5 Å². The third-order valence-corrected chi connectivity index (χ3v) is 5.05.